The van der Waals surface area contributed by atoms with Crippen LogP contribution < -0.4 is 26.2 Å². The molecule has 1 atom stereocenters. The predicted molar refractivity (Wildman–Crippen MR) is 144 cm³/mol. The first kappa shape index (κ1) is 25.1. The van der Waals surface area contributed by atoms with Crippen LogP contribution in [0, 0.1) is 5.92 Å². The second-order valence-electron chi connectivity index (χ2n) is 8.49. The maximum atomic E-state index is 11.5. The second kappa shape index (κ2) is 12.1. The number of benzene rings is 1. The van der Waals surface area contributed by atoms with Crippen LogP contribution in [0.2, 0.25) is 0 Å². The van der Waals surface area contributed by atoms with Crippen molar-refractivity contribution < 1.29 is 4.79 Å². The molecule has 0 saturated carbocycles. The minimum absolute atomic E-state index is 0. The van der Waals surface area contributed by atoms with Crippen molar-refractivity contribution in [1.29, 1.82) is 0 Å². The van der Waals surface area contributed by atoms with Gasteiger partial charge in [-0.05, 0) is 37.5 Å². The molecule has 0 aliphatic carbocycles. The van der Waals surface area contributed by atoms with Gasteiger partial charge >= 0.3 is 0 Å². The van der Waals surface area contributed by atoms with Gasteiger partial charge in [-0.3, -0.25) is 9.79 Å². The van der Waals surface area contributed by atoms with Gasteiger partial charge in [0.25, 0.3) is 0 Å². The van der Waals surface area contributed by atoms with Gasteiger partial charge in [-0.1, -0.05) is 24.3 Å². The van der Waals surface area contributed by atoms with Gasteiger partial charge in [0.15, 0.2) is 5.96 Å². The van der Waals surface area contributed by atoms with E-state index in [-0.39, 0.29) is 35.8 Å². The number of hydrogen-bond donors (Lipinski definition) is 3. The molecule has 8 nitrogen and oxygen atoms in total. The molecule has 4 rings (SSSR count). The smallest absolute Gasteiger partial charge is 0.220 e. The minimum atomic E-state index is -0.194. The summed E-state index contributed by atoms with van der Waals surface area (Å²) >= 11 is 0. The molecule has 2 aliphatic heterocycles. The molecule has 1 unspecified atom stereocenters. The lowest BCUT2D eigenvalue weighted by atomic mass is 9.96. The first-order valence-electron chi connectivity index (χ1n) is 11.4. The monoisotopic (exact) mass is 563 g/mol. The number of primary amides is 1. The van der Waals surface area contributed by atoms with Crippen molar-refractivity contribution in [2.24, 2.45) is 16.6 Å². The Bertz CT molecular complexity index is 931. The van der Waals surface area contributed by atoms with Gasteiger partial charge in [0.2, 0.25) is 5.91 Å². The van der Waals surface area contributed by atoms with Crippen molar-refractivity contribution in [1.82, 2.24) is 15.6 Å². The number of guanidine groups is 1. The van der Waals surface area contributed by atoms with Gasteiger partial charge in [-0.2, -0.15) is 0 Å². The number of piperidine rings is 1. The van der Waals surface area contributed by atoms with Gasteiger partial charge in [-0.15, -0.1) is 24.0 Å². The summed E-state index contributed by atoms with van der Waals surface area (Å²) in [5.74, 6) is 1.54. The first-order valence-corrected chi connectivity index (χ1v) is 11.4. The largest absolute Gasteiger partial charge is 0.369 e. The van der Waals surface area contributed by atoms with Crippen LogP contribution in [0.25, 0.3) is 0 Å². The number of pyridine rings is 1. The Morgan fingerprint density at radius 2 is 1.82 bits per heavy atom. The molecule has 4 N–H and O–H groups in total. The molecule has 0 spiro atoms. The number of nitrogens with zero attached hydrogens (tertiary/aromatic N) is 4. The lowest BCUT2D eigenvalue weighted by molar-refractivity contribution is -0.122. The third-order valence-corrected chi connectivity index (χ3v) is 6.38. The van der Waals surface area contributed by atoms with Gasteiger partial charge < -0.3 is 26.2 Å². The zero-order valence-corrected chi connectivity index (χ0v) is 21.4. The van der Waals surface area contributed by atoms with Crippen molar-refractivity contribution in [2.75, 3.05) is 43.0 Å². The Kier molecular flexibility index (Phi) is 9.16. The Morgan fingerprint density at radius 3 is 2.52 bits per heavy atom. The summed E-state index contributed by atoms with van der Waals surface area (Å²) in [6.07, 6.45) is 4.45. The quantitative estimate of drug-likeness (QED) is 0.284. The van der Waals surface area contributed by atoms with E-state index in [9.17, 15) is 4.79 Å². The van der Waals surface area contributed by atoms with E-state index in [2.05, 4.69) is 60.7 Å². The number of aromatic nitrogens is 1. The van der Waals surface area contributed by atoms with Crippen molar-refractivity contribution in [3.8, 4) is 0 Å². The number of nitrogens with one attached hydrogen (secondary N) is 2. The van der Waals surface area contributed by atoms with Crippen molar-refractivity contribution in [3.63, 3.8) is 0 Å². The summed E-state index contributed by atoms with van der Waals surface area (Å²) in [5, 5.41) is 7.02. The van der Waals surface area contributed by atoms with E-state index in [4.69, 9.17) is 5.73 Å². The Balaban J connectivity index is 0.00000306. The Labute approximate surface area is 213 Å². The molecule has 178 valence electrons. The molecular formula is C24H34IN7O. The van der Waals surface area contributed by atoms with E-state index >= 15 is 0 Å². The van der Waals surface area contributed by atoms with Crippen LogP contribution in [0.1, 0.15) is 24.8 Å². The number of carbonyl (C=O) groups is 1. The zero-order chi connectivity index (χ0) is 22.3. The topological polar surface area (TPSA) is 98.9 Å². The number of para-hydroxylation sites is 1. The molecule has 0 bridgehead atoms. The van der Waals surface area contributed by atoms with Crippen LogP contribution in [-0.4, -0.2) is 56.1 Å². The lowest BCUT2D eigenvalue weighted by Gasteiger charge is -2.32. The van der Waals surface area contributed by atoms with Gasteiger partial charge in [0, 0.05) is 69.2 Å². The number of nitrogens with two attached hydrogens (primary N) is 1. The summed E-state index contributed by atoms with van der Waals surface area (Å²) in [7, 11) is 1.80. The number of hydrogen-bond acceptors (Lipinski definition) is 5. The standard InChI is InChI=1S/C24H33N7O.HI/c1-26-24(29-20-11-15-31(17-20)21-7-3-2-4-8-21)28-16-19-6-5-12-27-23(19)30-13-9-18(10-14-30)22(25)32;/h2-8,12,18,20H,9-11,13-17H2,1H3,(H2,25,32)(H2,26,28,29);1H. The van der Waals surface area contributed by atoms with E-state index in [1.165, 1.54) is 5.69 Å². The summed E-state index contributed by atoms with van der Waals surface area (Å²) in [5.41, 5.74) is 7.86. The lowest BCUT2D eigenvalue weighted by Crippen LogP contribution is -2.44. The fraction of sp³-hybridized carbons (Fsp3) is 0.458. The molecule has 2 aromatic rings. The fourth-order valence-corrected chi connectivity index (χ4v) is 4.55. The van der Waals surface area contributed by atoms with Crippen molar-refractivity contribution in [3.05, 3.63) is 54.2 Å². The predicted octanol–water partition coefficient (Wildman–Crippen LogP) is 2.35. The van der Waals surface area contributed by atoms with Crippen molar-refractivity contribution >= 4 is 47.3 Å². The summed E-state index contributed by atoms with van der Waals surface area (Å²) in [6.45, 7) is 4.21. The second-order valence-corrected chi connectivity index (χ2v) is 8.49. The van der Waals surface area contributed by atoms with Crippen LogP contribution in [0.5, 0.6) is 0 Å². The first-order chi connectivity index (χ1) is 15.6. The van der Waals surface area contributed by atoms with Crippen LogP contribution in [0.4, 0.5) is 11.5 Å². The minimum Gasteiger partial charge on any atom is -0.369 e. The molecule has 1 aromatic heterocycles. The van der Waals surface area contributed by atoms with Crippen molar-refractivity contribution in [2.45, 2.75) is 31.8 Å². The van der Waals surface area contributed by atoms with E-state index in [1.54, 1.807) is 7.05 Å². The van der Waals surface area contributed by atoms with E-state index < -0.39 is 0 Å². The number of amides is 1. The average Bonchev–Trinajstić information content (AvgIpc) is 3.31. The molecule has 2 aliphatic rings. The molecule has 2 fully saturated rings. The maximum Gasteiger partial charge on any atom is 0.220 e. The van der Waals surface area contributed by atoms with Gasteiger partial charge in [-0.25, -0.2) is 4.98 Å². The summed E-state index contributed by atoms with van der Waals surface area (Å²) in [6, 6.07) is 14.9. The number of aliphatic imine (C=N–C) groups is 1. The third kappa shape index (κ3) is 6.49. The van der Waals surface area contributed by atoms with E-state index in [1.807, 2.05) is 18.3 Å². The van der Waals surface area contributed by atoms with Crippen LogP contribution in [-0.2, 0) is 11.3 Å². The molecule has 2 saturated heterocycles. The maximum absolute atomic E-state index is 11.5. The van der Waals surface area contributed by atoms with Gasteiger partial charge in [0.1, 0.15) is 5.82 Å². The zero-order valence-electron chi connectivity index (χ0n) is 19.1. The van der Waals surface area contributed by atoms with Crippen LogP contribution in [0.3, 0.4) is 0 Å². The third-order valence-electron chi connectivity index (χ3n) is 6.38. The van der Waals surface area contributed by atoms with E-state index in [0.29, 0.717) is 12.6 Å². The number of carbonyl (C=O) groups excluding carboxylic acids is 1. The summed E-state index contributed by atoms with van der Waals surface area (Å²) < 4.78 is 0. The fourth-order valence-electron chi connectivity index (χ4n) is 4.55. The highest BCUT2D eigenvalue weighted by molar-refractivity contribution is 14.0. The SMILES string of the molecule is CN=C(NCc1cccnc1N1CCC(C(N)=O)CC1)NC1CCN(c2ccccc2)C1.I. The highest BCUT2D eigenvalue weighted by Gasteiger charge is 2.26. The average molecular weight is 563 g/mol. The van der Waals surface area contributed by atoms with Crippen LogP contribution in [0.15, 0.2) is 53.7 Å². The highest BCUT2D eigenvalue weighted by atomic mass is 127. The molecule has 1 amide bonds. The molecule has 33 heavy (non-hydrogen) atoms. The van der Waals surface area contributed by atoms with Gasteiger partial charge in [0.05, 0.1) is 0 Å². The van der Waals surface area contributed by atoms with E-state index in [0.717, 1.165) is 62.8 Å². The number of rotatable bonds is 6. The Hall–Kier alpha value is -2.56. The summed E-state index contributed by atoms with van der Waals surface area (Å²) in [4.78, 5) is 25.2. The molecular weight excluding hydrogens is 529 g/mol. The Morgan fingerprint density at radius 1 is 1.09 bits per heavy atom. The molecule has 3 heterocycles. The van der Waals surface area contributed by atoms with Crippen LogP contribution >= 0.6 is 24.0 Å². The molecule has 0 radical (unpaired) electrons. The molecule has 1 aromatic carbocycles. The number of halogens is 1. The number of anilines is 2. The highest BCUT2D eigenvalue weighted by Crippen LogP contribution is 2.24. The normalized spacial score (nSPS) is 19.2. The molecule has 9 heteroatoms.